The van der Waals surface area contributed by atoms with Gasteiger partial charge in [-0.15, -0.1) is 0 Å². The molecule has 0 bridgehead atoms. The second-order valence-electron chi connectivity index (χ2n) is 6.74. The molecule has 0 radical (unpaired) electrons. The summed E-state index contributed by atoms with van der Waals surface area (Å²) in [5, 5.41) is 2.96. The number of fused-ring (bicyclic) bond motifs is 1. The Kier molecular flexibility index (Phi) is 5.64. The van der Waals surface area contributed by atoms with Gasteiger partial charge in [-0.1, -0.05) is 48.0 Å². The number of halogens is 1. The summed E-state index contributed by atoms with van der Waals surface area (Å²) in [6, 6.07) is 20.0. The Hall–Kier alpha value is -3.77. The number of aromatic nitrogens is 1. The van der Waals surface area contributed by atoms with Crippen LogP contribution in [0, 0.1) is 0 Å². The van der Waals surface area contributed by atoms with E-state index in [1.165, 1.54) is 26.4 Å². The molecule has 0 atom stereocenters. The third kappa shape index (κ3) is 3.85. The Balaban J connectivity index is 1.76. The molecule has 0 aliphatic carbocycles. The lowest BCUT2D eigenvalue weighted by Gasteiger charge is -2.13. The number of benzene rings is 2. The van der Waals surface area contributed by atoms with Crippen molar-refractivity contribution >= 4 is 34.5 Å². The molecule has 0 aliphatic heterocycles. The highest BCUT2D eigenvalue weighted by Crippen LogP contribution is 2.36. The minimum Gasteiger partial charge on any atom is -0.495 e. The van der Waals surface area contributed by atoms with E-state index in [1.807, 2.05) is 54.6 Å². The molecule has 0 unspecified atom stereocenters. The van der Waals surface area contributed by atoms with E-state index in [0.717, 1.165) is 11.1 Å². The van der Waals surface area contributed by atoms with Crippen LogP contribution >= 0.6 is 11.6 Å². The van der Waals surface area contributed by atoms with Gasteiger partial charge in [-0.3, -0.25) is 9.59 Å². The lowest BCUT2D eigenvalue weighted by atomic mass is 10.0. The number of nitrogens with one attached hydrogen (secondary N) is 1. The molecule has 4 rings (SSSR count). The van der Waals surface area contributed by atoms with E-state index in [-0.39, 0.29) is 11.4 Å². The number of hydrogen-bond donors (Lipinski definition) is 1. The summed E-state index contributed by atoms with van der Waals surface area (Å²) < 4.78 is 12.2. The number of hydrogen-bond acceptors (Lipinski definition) is 4. The van der Waals surface area contributed by atoms with Gasteiger partial charge in [-0.25, -0.2) is 0 Å². The highest BCUT2D eigenvalue weighted by atomic mass is 35.5. The van der Waals surface area contributed by atoms with Gasteiger partial charge in [0.2, 0.25) is 0 Å². The van der Waals surface area contributed by atoms with Crippen LogP contribution in [-0.2, 0) is 4.79 Å². The van der Waals surface area contributed by atoms with Crippen LogP contribution in [0.1, 0.15) is 10.5 Å². The highest BCUT2D eigenvalue weighted by molar-refractivity contribution is 6.47. The van der Waals surface area contributed by atoms with Gasteiger partial charge >= 0.3 is 0 Å². The van der Waals surface area contributed by atoms with E-state index in [0.29, 0.717) is 22.1 Å². The molecule has 1 amide bonds. The molecule has 156 valence electrons. The van der Waals surface area contributed by atoms with Gasteiger partial charge in [0.05, 0.1) is 24.9 Å². The first-order valence-electron chi connectivity index (χ1n) is 9.46. The fourth-order valence-electron chi connectivity index (χ4n) is 3.44. The van der Waals surface area contributed by atoms with Gasteiger partial charge < -0.3 is 19.2 Å². The first-order valence-corrected chi connectivity index (χ1v) is 9.84. The van der Waals surface area contributed by atoms with Gasteiger partial charge in [-0.2, -0.15) is 0 Å². The molecule has 31 heavy (non-hydrogen) atoms. The predicted octanol–water partition coefficient (Wildman–Crippen LogP) is 5.10. The van der Waals surface area contributed by atoms with Crippen LogP contribution < -0.4 is 14.8 Å². The number of methoxy groups -OCH3 is 2. The van der Waals surface area contributed by atoms with Crippen molar-refractivity contribution in [3.05, 3.63) is 83.6 Å². The second kappa shape index (κ2) is 8.53. The fraction of sp³-hybridized carbons (Fsp3) is 0.0833. The molecule has 2 aromatic heterocycles. The molecule has 0 spiro atoms. The summed E-state index contributed by atoms with van der Waals surface area (Å²) in [5.74, 6) is -0.816. The minimum absolute atomic E-state index is 0.277. The highest BCUT2D eigenvalue weighted by Gasteiger charge is 2.26. The van der Waals surface area contributed by atoms with Crippen molar-refractivity contribution in [1.29, 1.82) is 0 Å². The average Bonchev–Trinajstić information content (AvgIpc) is 3.19. The van der Waals surface area contributed by atoms with Gasteiger partial charge in [0.25, 0.3) is 11.7 Å². The molecule has 0 fully saturated rings. The summed E-state index contributed by atoms with van der Waals surface area (Å²) in [5.41, 5.74) is 2.88. The van der Waals surface area contributed by atoms with E-state index >= 15 is 0 Å². The molecule has 7 heteroatoms. The molecule has 6 nitrogen and oxygen atoms in total. The molecule has 0 saturated carbocycles. The van der Waals surface area contributed by atoms with Crippen molar-refractivity contribution in [1.82, 2.24) is 4.40 Å². The zero-order valence-corrected chi connectivity index (χ0v) is 17.6. The SMILES string of the molecule is COc1cc(NC(=O)C(=O)c2c(-c3ccccc3)cc3ccccn23)c(OC)cc1Cl. The fourth-order valence-corrected chi connectivity index (χ4v) is 3.67. The monoisotopic (exact) mass is 434 g/mol. The number of ketones is 1. The first-order chi connectivity index (χ1) is 15.0. The maximum atomic E-state index is 13.3. The first kappa shape index (κ1) is 20.5. The van der Waals surface area contributed by atoms with Crippen molar-refractivity contribution in [2.45, 2.75) is 0 Å². The van der Waals surface area contributed by atoms with E-state index in [4.69, 9.17) is 21.1 Å². The van der Waals surface area contributed by atoms with E-state index in [2.05, 4.69) is 5.32 Å². The van der Waals surface area contributed by atoms with Crippen molar-refractivity contribution in [3.8, 4) is 22.6 Å². The maximum absolute atomic E-state index is 13.3. The third-order valence-electron chi connectivity index (χ3n) is 4.91. The standard InChI is InChI=1S/C24H19ClN2O4/c1-30-20-14-19(21(31-2)13-18(20)25)26-24(29)23(28)22-17(15-8-4-3-5-9-15)12-16-10-6-7-11-27(16)22/h3-14H,1-2H3,(H,26,29). The molecule has 2 heterocycles. The molecular formula is C24H19ClN2O4. The number of anilines is 1. The summed E-state index contributed by atoms with van der Waals surface area (Å²) in [6.45, 7) is 0. The zero-order valence-electron chi connectivity index (χ0n) is 16.9. The number of amides is 1. The van der Waals surface area contributed by atoms with Gasteiger partial charge in [-0.05, 0) is 23.8 Å². The van der Waals surface area contributed by atoms with Crippen LogP contribution in [0.5, 0.6) is 11.5 Å². The quantitative estimate of drug-likeness (QED) is 0.338. The van der Waals surface area contributed by atoms with Crippen LogP contribution in [-0.4, -0.2) is 30.3 Å². The average molecular weight is 435 g/mol. The third-order valence-corrected chi connectivity index (χ3v) is 5.20. The van der Waals surface area contributed by atoms with Crippen molar-refractivity contribution < 1.29 is 19.1 Å². The summed E-state index contributed by atoms with van der Waals surface area (Å²) in [4.78, 5) is 26.3. The maximum Gasteiger partial charge on any atom is 0.298 e. The smallest absolute Gasteiger partial charge is 0.298 e. The second-order valence-corrected chi connectivity index (χ2v) is 7.15. The number of pyridine rings is 1. The number of Topliss-reactive ketones (excluding diaryl/α,β-unsaturated/α-hetero) is 1. The minimum atomic E-state index is -0.802. The van der Waals surface area contributed by atoms with E-state index < -0.39 is 11.7 Å². The Morgan fingerprint density at radius 1 is 0.903 bits per heavy atom. The van der Waals surface area contributed by atoms with Crippen molar-refractivity contribution in [2.24, 2.45) is 0 Å². The topological polar surface area (TPSA) is 69.0 Å². The molecule has 2 aromatic carbocycles. The molecule has 0 saturated heterocycles. The molecule has 1 N–H and O–H groups in total. The number of carbonyl (C=O) groups is 2. The predicted molar refractivity (Wildman–Crippen MR) is 120 cm³/mol. The summed E-state index contributed by atoms with van der Waals surface area (Å²) in [7, 11) is 2.91. The van der Waals surface area contributed by atoms with Gasteiger partial charge in [0.15, 0.2) is 0 Å². The Morgan fingerprint density at radius 3 is 2.32 bits per heavy atom. The zero-order chi connectivity index (χ0) is 22.0. The van der Waals surface area contributed by atoms with Crippen LogP contribution in [0.3, 0.4) is 0 Å². The lowest BCUT2D eigenvalue weighted by Crippen LogP contribution is -2.25. The number of carbonyl (C=O) groups excluding carboxylic acids is 2. The Labute approximate surface area is 184 Å². The number of rotatable bonds is 6. The van der Waals surface area contributed by atoms with Gasteiger partial charge in [0, 0.05) is 29.4 Å². The number of nitrogens with zero attached hydrogens (tertiary/aromatic N) is 1. The van der Waals surface area contributed by atoms with Crippen LogP contribution in [0.15, 0.2) is 72.9 Å². The van der Waals surface area contributed by atoms with Crippen LogP contribution in [0.2, 0.25) is 5.02 Å². The van der Waals surface area contributed by atoms with E-state index in [1.54, 1.807) is 10.6 Å². The largest absolute Gasteiger partial charge is 0.495 e. The van der Waals surface area contributed by atoms with Crippen molar-refractivity contribution in [3.63, 3.8) is 0 Å². The van der Waals surface area contributed by atoms with Crippen molar-refractivity contribution in [2.75, 3.05) is 19.5 Å². The lowest BCUT2D eigenvalue weighted by molar-refractivity contribution is -0.112. The Morgan fingerprint density at radius 2 is 1.61 bits per heavy atom. The van der Waals surface area contributed by atoms with Crippen LogP contribution in [0.4, 0.5) is 5.69 Å². The van der Waals surface area contributed by atoms with E-state index in [9.17, 15) is 9.59 Å². The normalized spacial score (nSPS) is 10.7. The molecular weight excluding hydrogens is 416 g/mol. The number of ether oxygens (including phenoxy) is 2. The Bertz CT molecular complexity index is 1280. The summed E-state index contributed by atoms with van der Waals surface area (Å²) >= 11 is 6.13. The summed E-state index contributed by atoms with van der Waals surface area (Å²) in [6.07, 6.45) is 1.76. The van der Waals surface area contributed by atoms with Crippen LogP contribution in [0.25, 0.3) is 16.6 Å². The molecule has 0 aliphatic rings. The van der Waals surface area contributed by atoms with Gasteiger partial charge in [0.1, 0.15) is 17.2 Å². The molecule has 4 aromatic rings.